The van der Waals surface area contributed by atoms with Gasteiger partial charge < -0.3 is 5.32 Å². The maximum atomic E-state index is 12.3. The Morgan fingerprint density at radius 2 is 1.77 bits per heavy atom. The highest BCUT2D eigenvalue weighted by atomic mass is 35.5. The predicted octanol–water partition coefficient (Wildman–Crippen LogP) is 3.06. The molecule has 2 N–H and O–H groups in total. The molecule has 0 aliphatic carbocycles. The molecule has 1 amide bonds. The molecule has 2 aromatic carbocycles. The molecular formula is C18H21ClN2O3S2. The molecule has 0 spiro atoms. The van der Waals surface area contributed by atoms with Gasteiger partial charge in [0.05, 0.1) is 10.9 Å². The average molecular weight is 413 g/mol. The zero-order valence-corrected chi connectivity index (χ0v) is 16.7. The summed E-state index contributed by atoms with van der Waals surface area (Å²) in [5, 5.41) is 3.19. The first-order valence-electron chi connectivity index (χ1n) is 8.06. The fourth-order valence-electron chi connectivity index (χ4n) is 2.13. The second kappa shape index (κ2) is 9.97. The van der Waals surface area contributed by atoms with Crippen LogP contribution in [0.3, 0.4) is 0 Å². The first-order valence-corrected chi connectivity index (χ1v) is 11.1. The third kappa shape index (κ3) is 6.64. The van der Waals surface area contributed by atoms with E-state index in [2.05, 4.69) is 22.2 Å². The molecule has 0 fully saturated rings. The summed E-state index contributed by atoms with van der Waals surface area (Å²) in [4.78, 5) is 12.1. The van der Waals surface area contributed by atoms with Crippen molar-refractivity contribution in [1.29, 1.82) is 0 Å². The Balaban J connectivity index is 1.74. The summed E-state index contributed by atoms with van der Waals surface area (Å²) in [6, 6.07) is 15.0. The second-order valence-electron chi connectivity index (χ2n) is 5.63. The summed E-state index contributed by atoms with van der Waals surface area (Å²) >= 11 is 7.46. The van der Waals surface area contributed by atoms with E-state index >= 15 is 0 Å². The average Bonchev–Trinajstić information content (AvgIpc) is 2.62. The normalized spacial score (nSPS) is 12.5. The van der Waals surface area contributed by atoms with Crippen molar-refractivity contribution in [3.63, 3.8) is 0 Å². The van der Waals surface area contributed by atoms with Crippen molar-refractivity contribution in [3.05, 3.63) is 65.2 Å². The molecule has 1 unspecified atom stereocenters. The van der Waals surface area contributed by atoms with Crippen LogP contribution in [-0.2, 0) is 20.6 Å². The van der Waals surface area contributed by atoms with Crippen LogP contribution in [-0.4, -0.2) is 32.7 Å². The zero-order chi connectivity index (χ0) is 19.0. The lowest BCUT2D eigenvalue weighted by atomic mass is 10.2. The molecule has 0 radical (unpaired) electrons. The molecule has 2 aromatic rings. The Morgan fingerprint density at radius 1 is 1.12 bits per heavy atom. The number of sulfonamides is 1. The van der Waals surface area contributed by atoms with Crippen LogP contribution in [0.4, 0.5) is 0 Å². The van der Waals surface area contributed by atoms with E-state index in [4.69, 9.17) is 11.6 Å². The second-order valence-corrected chi connectivity index (χ2v) is 8.88. The highest BCUT2D eigenvalue weighted by Gasteiger charge is 2.21. The Bertz CT molecular complexity index is 812. The Labute approximate surface area is 163 Å². The molecule has 0 saturated carbocycles. The quantitative estimate of drug-likeness (QED) is 0.620. The minimum atomic E-state index is -3.77. The van der Waals surface area contributed by atoms with E-state index in [1.54, 1.807) is 11.8 Å². The van der Waals surface area contributed by atoms with Gasteiger partial charge in [-0.05, 0) is 36.8 Å². The fourth-order valence-corrected chi connectivity index (χ4v) is 4.28. The number of thioether (sulfide) groups is 1. The summed E-state index contributed by atoms with van der Waals surface area (Å²) in [7, 11) is -3.77. The number of carbonyl (C=O) groups is 1. The molecule has 0 bridgehead atoms. The van der Waals surface area contributed by atoms with E-state index in [1.165, 1.54) is 36.8 Å². The van der Waals surface area contributed by atoms with Crippen molar-refractivity contribution in [2.45, 2.75) is 23.6 Å². The van der Waals surface area contributed by atoms with Gasteiger partial charge in [0.15, 0.2) is 0 Å². The largest absolute Gasteiger partial charge is 0.354 e. The third-order valence-corrected chi connectivity index (χ3v) is 6.35. The van der Waals surface area contributed by atoms with Gasteiger partial charge in [0.1, 0.15) is 0 Å². The summed E-state index contributed by atoms with van der Waals surface area (Å²) in [5.74, 6) is 1.26. The van der Waals surface area contributed by atoms with Crippen LogP contribution in [0.1, 0.15) is 12.5 Å². The van der Waals surface area contributed by atoms with Crippen molar-refractivity contribution in [3.8, 4) is 0 Å². The van der Waals surface area contributed by atoms with Crippen LogP contribution in [0.5, 0.6) is 0 Å². The topological polar surface area (TPSA) is 75.3 Å². The SMILES string of the molecule is CC(NS(=O)(=O)c1ccc(Cl)cc1)C(=O)NCCSCc1ccccc1. The summed E-state index contributed by atoms with van der Waals surface area (Å²) < 4.78 is 26.9. The molecule has 2 rings (SSSR count). The smallest absolute Gasteiger partial charge is 0.241 e. The molecule has 0 saturated heterocycles. The van der Waals surface area contributed by atoms with E-state index < -0.39 is 16.1 Å². The lowest BCUT2D eigenvalue weighted by Gasteiger charge is -2.14. The van der Waals surface area contributed by atoms with Crippen LogP contribution in [0.15, 0.2) is 59.5 Å². The minimum absolute atomic E-state index is 0.0694. The lowest BCUT2D eigenvalue weighted by molar-refractivity contribution is -0.122. The van der Waals surface area contributed by atoms with Crippen LogP contribution < -0.4 is 10.0 Å². The number of halogens is 1. The highest BCUT2D eigenvalue weighted by molar-refractivity contribution is 7.98. The number of amides is 1. The predicted molar refractivity (Wildman–Crippen MR) is 107 cm³/mol. The first-order chi connectivity index (χ1) is 12.4. The van der Waals surface area contributed by atoms with Crippen LogP contribution in [0.25, 0.3) is 0 Å². The number of rotatable bonds is 9. The van der Waals surface area contributed by atoms with Crippen molar-refractivity contribution in [2.75, 3.05) is 12.3 Å². The van der Waals surface area contributed by atoms with Crippen molar-refractivity contribution in [1.82, 2.24) is 10.0 Å². The van der Waals surface area contributed by atoms with Gasteiger partial charge in [-0.15, -0.1) is 0 Å². The van der Waals surface area contributed by atoms with Crippen molar-refractivity contribution >= 4 is 39.3 Å². The lowest BCUT2D eigenvalue weighted by Crippen LogP contribution is -2.45. The minimum Gasteiger partial charge on any atom is -0.354 e. The van der Waals surface area contributed by atoms with Crippen molar-refractivity contribution < 1.29 is 13.2 Å². The van der Waals surface area contributed by atoms with Gasteiger partial charge in [0.2, 0.25) is 15.9 Å². The van der Waals surface area contributed by atoms with E-state index in [9.17, 15) is 13.2 Å². The zero-order valence-electron chi connectivity index (χ0n) is 14.3. The van der Waals surface area contributed by atoms with E-state index in [0.717, 1.165) is 11.5 Å². The Morgan fingerprint density at radius 3 is 2.42 bits per heavy atom. The summed E-state index contributed by atoms with van der Waals surface area (Å²) in [6.07, 6.45) is 0. The first kappa shape index (κ1) is 20.8. The molecule has 1 atom stereocenters. The van der Waals surface area contributed by atoms with E-state index in [-0.39, 0.29) is 10.8 Å². The van der Waals surface area contributed by atoms with E-state index in [1.807, 2.05) is 18.2 Å². The van der Waals surface area contributed by atoms with E-state index in [0.29, 0.717) is 11.6 Å². The van der Waals surface area contributed by atoms with Crippen LogP contribution in [0, 0.1) is 0 Å². The maximum Gasteiger partial charge on any atom is 0.241 e. The number of hydrogen-bond acceptors (Lipinski definition) is 4. The van der Waals surface area contributed by atoms with Gasteiger partial charge >= 0.3 is 0 Å². The monoisotopic (exact) mass is 412 g/mol. The fraction of sp³-hybridized carbons (Fsp3) is 0.278. The molecule has 0 aromatic heterocycles. The van der Waals surface area contributed by atoms with Gasteiger partial charge in [-0.2, -0.15) is 16.5 Å². The van der Waals surface area contributed by atoms with Crippen LogP contribution >= 0.6 is 23.4 Å². The molecule has 8 heteroatoms. The molecule has 26 heavy (non-hydrogen) atoms. The number of hydrogen-bond donors (Lipinski definition) is 2. The van der Waals surface area contributed by atoms with Gasteiger partial charge in [0.25, 0.3) is 0 Å². The summed E-state index contributed by atoms with van der Waals surface area (Å²) in [5.41, 5.74) is 1.23. The van der Waals surface area contributed by atoms with Gasteiger partial charge in [0, 0.05) is 23.1 Å². The summed E-state index contributed by atoms with van der Waals surface area (Å²) in [6.45, 7) is 1.99. The molecule has 5 nitrogen and oxygen atoms in total. The molecule has 140 valence electrons. The van der Waals surface area contributed by atoms with Gasteiger partial charge in [-0.25, -0.2) is 8.42 Å². The third-order valence-electron chi connectivity index (χ3n) is 3.51. The Kier molecular flexibility index (Phi) is 7.96. The molecule has 0 aliphatic rings. The van der Waals surface area contributed by atoms with Crippen molar-refractivity contribution in [2.24, 2.45) is 0 Å². The highest BCUT2D eigenvalue weighted by Crippen LogP contribution is 2.14. The number of carbonyl (C=O) groups excluding carboxylic acids is 1. The van der Waals surface area contributed by atoms with Gasteiger partial charge in [-0.1, -0.05) is 41.9 Å². The number of benzene rings is 2. The molecule has 0 aliphatic heterocycles. The molecule has 0 heterocycles. The Hall–Kier alpha value is -1.54. The maximum absolute atomic E-state index is 12.3. The van der Waals surface area contributed by atoms with Crippen LogP contribution in [0.2, 0.25) is 5.02 Å². The standard InChI is InChI=1S/C18H21ClN2O3S2/c1-14(21-26(23,24)17-9-7-16(19)8-10-17)18(22)20-11-12-25-13-15-5-3-2-4-6-15/h2-10,14,21H,11-13H2,1H3,(H,20,22). The molecular weight excluding hydrogens is 392 g/mol. The van der Waals surface area contributed by atoms with Gasteiger partial charge in [-0.3, -0.25) is 4.79 Å². The number of nitrogens with one attached hydrogen (secondary N) is 2.